The van der Waals surface area contributed by atoms with Crippen LogP contribution in [0.5, 0.6) is 0 Å². The second-order valence-electron chi connectivity index (χ2n) is 6.85. The Morgan fingerprint density at radius 1 is 1.20 bits per heavy atom. The van der Waals surface area contributed by atoms with E-state index in [1.54, 1.807) is 0 Å². The summed E-state index contributed by atoms with van der Waals surface area (Å²) in [4.78, 5) is 24.3. The van der Waals surface area contributed by atoms with Crippen molar-refractivity contribution in [2.24, 2.45) is 0 Å². The maximum atomic E-state index is 12.3. The molecule has 25 heavy (non-hydrogen) atoms. The first-order chi connectivity index (χ1) is 12.0. The summed E-state index contributed by atoms with van der Waals surface area (Å²) in [5, 5.41) is 7.43. The Morgan fingerprint density at radius 3 is 2.44 bits per heavy atom. The lowest BCUT2D eigenvalue weighted by molar-refractivity contribution is -0.713. The summed E-state index contributed by atoms with van der Waals surface area (Å²) in [5.74, 6) is -0.246. The SMILES string of the molecule is CC[C@H]([NH2+][C@@H](C)C(=O)NC(=O)NC1CCCCC1)c1ccc(Br)cc1. The Hall–Kier alpha value is -1.40. The minimum absolute atomic E-state index is 0.190. The summed E-state index contributed by atoms with van der Waals surface area (Å²) in [7, 11) is 0. The van der Waals surface area contributed by atoms with Gasteiger partial charge in [0.05, 0.1) is 0 Å². The highest BCUT2D eigenvalue weighted by Crippen LogP contribution is 2.17. The van der Waals surface area contributed by atoms with E-state index in [0.717, 1.165) is 36.6 Å². The number of benzene rings is 1. The lowest BCUT2D eigenvalue weighted by Gasteiger charge is -2.23. The number of imide groups is 1. The van der Waals surface area contributed by atoms with Crippen LogP contribution in [0.2, 0.25) is 0 Å². The minimum atomic E-state index is -0.367. The van der Waals surface area contributed by atoms with E-state index >= 15 is 0 Å². The number of amides is 3. The zero-order valence-corrected chi connectivity index (χ0v) is 16.6. The normalized spacial score (nSPS) is 17.6. The van der Waals surface area contributed by atoms with Crippen LogP contribution >= 0.6 is 15.9 Å². The quantitative estimate of drug-likeness (QED) is 0.673. The number of hydrogen-bond acceptors (Lipinski definition) is 2. The zero-order valence-electron chi connectivity index (χ0n) is 15.1. The molecule has 0 heterocycles. The van der Waals surface area contributed by atoms with Crippen LogP contribution in [0.3, 0.4) is 0 Å². The molecule has 2 rings (SSSR count). The van der Waals surface area contributed by atoms with Crippen LogP contribution in [0.25, 0.3) is 0 Å². The molecule has 0 spiro atoms. The van der Waals surface area contributed by atoms with Gasteiger partial charge in [0.2, 0.25) is 0 Å². The van der Waals surface area contributed by atoms with Crippen molar-refractivity contribution in [3.63, 3.8) is 0 Å². The standard InChI is InChI=1S/C19H28BrN3O2/c1-3-17(14-9-11-15(20)12-10-14)21-13(2)18(24)23-19(25)22-16-7-5-4-6-8-16/h9-13,16-17,21H,3-8H2,1-2H3,(H2,22,23,24,25)/p+1/t13-,17-/m0/s1. The van der Waals surface area contributed by atoms with Crippen molar-refractivity contribution < 1.29 is 14.9 Å². The van der Waals surface area contributed by atoms with Gasteiger partial charge in [0.25, 0.3) is 5.91 Å². The van der Waals surface area contributed by atoms with Gasteiger partial charge >= 0.3 is 6.03 Å². The topological polar surface area (TPSA) is 74.8 Å². The van der Waals surface area contributed by atoms with E-state index in [1.807, 2.05) is 24.4 Å². The molecule has 0 aromatic heterocycles. The number of carbonyl (C=O) groups excluding carboxylic acids is 2. The van der Waals surface area contributed by atoms with Crippen LogP contribution in [0, 0.1) is 0 Å². The molecule has 0 bridgehead atoms. The fraction of sp³-hybridized carbons (Fsp3) is 0.579. The fourth-order valence-electron chi connectivity index (χ4n) is 3.32. The molecular formula is C19H29BrN3O2+. The molecule has 0 radical (unpaired) electrons. The summed E-state index contributed by atoms with van der Waals surface area (Å²) < 4.78 is 1.04. The molecule has 138 valence electrons. The highest BCUT2D eigenvalue weighted by molar-refractivity contribution is 9.10. The zero-order chi connectivity index (χ0) is 18.2. The number of nitrogens with two attached hydrogens (primary N) is 1. The van der Waals surface area contributed by atoms with E-state index in [0.29, 0.717) is 0 Å². The lowest BCUT2D eigenvalue weighted by Crippen LogP contribution is -2.92. The number of hydrogen-bond donors (Lipinski definition) is 3. The number of nitrogens with one attached hydrogen (secondary N) is 2. The Kier molecular flexibility index (Phi) is 7.90. The Bertz CT molecular complexity index is 571. The average molecular weight is 411 g/mol. The molecule has 1 fully saturated rings. The van der Waals surface area contributed by atoms with Crippen molar-refractivity contribution in [2.75, 3.05) is 0 Å². The maximum absolute atomic E-state index is 12.3. The molecule has 1 aromatic carbocycles. The molecule has 3 amide bonds. The third-order valence-electron chi connectivity index (χ3n) is 4.85. The maximum Gasteiger partial charge on any atom is 0.321 e. The first kappa shape index (κ1) is 19.9. The van der Waals surface area contributed by atoms with Crippen LogP contribution in [-0.4, -0.2) is 24.0 Å². The minimum Gasteiger partial charge on any atom is -0.335 e. The summed E-state index contributed by atoms with van der Waals surface area (Å²) in [5.41, 5.74) is 1.18. The molecule has 6 heteroatoms. The predicted octanol–water partition coefficient (Wildman–Crippen LogP) is 3.01. The summed E-state index contributed by atoms with van der Waals surface area (Å²) in [6.07, 6.45) is 6.45. The van der Waals surface area contributed by atoms with Crippen molar-refractivity contribution >= 4 is 27.9 Å². The molecule has 2 atom stereocenters. The average Bonchev–Trinajstić information content (AvgIpc) is 2.61. The van der Waals surface area contributed by atoms with Crippen LogP contribution in [0.4, 0.5) is 4.79 Å². The largest absolute Gasteiger partial charge is 0.335 e. The van der Waals surface area contributed by atoms with Crippen molar-refractivity contribution in [1.82, 2.24) is 10.6 Å². The Morgan fingerprint density at radius 2 is 1.84 bits per heavy atom. The van der Waals surface area contributed by atoms with Gasteiger partial charge in [0, 0.05) is 22.5 Å². The highest BCUT2D eigenvalue weighted by Gasteiger charge is 2.24. The van der Waals surface area contributed by atoms with Gasteiger partial charge in [-0.2, -0.15) is 0 Å². The molecule has 5 nitrogen and oxygen atoms in total. The molecule has 1 aliphatic carbocycles. The molecule has 4 N–H and O–H groups in total. The Labute approximate surface area is 158 Å². The van der Waals surface area contributed by atoms with Gasteiger partial charge < -0.3 is 10.6 Å². The van der Waals surface area contributed by atoms with Crippen LogP contribution in [0.1, 0.15) is 64.0 Å². The van der Waals surface area contributed by atoms with Gasteiger partial charge in [-0.15, -0.1) is 0 Å². The molecule has 1 aliphatic rings. The lowest BCUT2D eigenvalue weighted by atomic mass is 9.96. The molecule has 0 saturated heterocycles. The number of urea groups is 1. The highest BCUT2D eigenvalue weighted by atomic mass is 79.9. The Balaban J connectivity index is 1.83. The van der Waals surface area contributed by atoms with E-state index in [9.17, 15) is 9.59 Å². The van der Waals surface area contributed by atoms with Gasteiger partial charge in [-0.25, -0.2) is 4.79 Å². The van der Waals surface area contributed by atoms with E-state index < -0.39 is 0 Å². The monoisotopic (exact) mass is 410 g/mol. The molecular weight excluding hydrogens is 382 g/mol. The van der Waals surface area contributed by atoms with E-state index in [4.69, 9.17) is 0 Å². The van der Waals surface area contributed by atoms with Crippen LogP contribution in [0.15, 0.2) is 28.7 Å². The summed E-state index contributed by atoms with van der Waals surface area (Å²) >= 11 is 3.44. The molecule has 0 unspecified atom stereocenters. The molecule has 0 aliphatic heterocycles. The van der Waals surface area contributed by atoms with E-state index in [1.165, 1.54) is 12.0 Å². The van der Waals surface area contributed by atoms with Crippen molar-refractivity contribution in [1.29, 1.82) is 0 Å². The summed E-state index contributed by atoms with van der Waals surface area (Å²) in [6, 6.07) is 7.84. The number of carbonyl (C=O) groups is 2. The third kappa shape index (κ3) is 6.44. The summed E-state index contributed by atoms with van der Waals surface area (Å²) in [6.45, 7) is 3.94. The second kappa shape index (κ2) is 9.92. The smallest absolute Gasteiger partial charge is 0.321 e. The van der Waals surface area contributed by atoms with Gasteiger partial charge in [0.15, 0.2) is 6.04 Å². The van der Waals surface area contributed by atoms with Crippen molar-refractivity contribution in [3.05, 3.63) is 34.3 Å². The third-order valence-corrected chi connectivity index (χ3v) is 5.38. The van der Waals surface area contributed by atoms with Gasteiger partial charge in [-0.3, -0.25) is 10.1 Å². The van der Waals surface area contributed by atoms with Crippen LogP contribution in [-0.2, 0) is 4.79 Å². The van der Waals surface area contributed by atoms with Gasteiger partial charge in [-0.05, 0) is 31.9 Å². The second-order valence-corrected chi connectivity index (χ2v) is 7.76. The number of halogens is 1. The fourth-order valence-corrected chi connectivity index (χ4v) is 3.59. The number of rotatable bonds is 6. The van der Waals surface area contributed by atoms with Crippen LogP contribution < -0.4 is 16.0 Å². The first-order valence-electron chi connectivity index (χ1n) is 9.21. The van der Waals surface area contributed by atoms with Gasteiger partial charge in [-0.1, -0.05) is 54.2 Å². The van der Waals surface area contributed by atoms with Crippen molar-refractivity contribution in [2.45, 2.75) is 70.5 Å². The molecule has 1 aromatic rings. The van der Waals surface area contributed by atoms with Gasteiger partial charge in [0.1, 0.15) is 6.04 Å². The van der Waals surface area contributed by atoms with E-state index in [-0.39, 0.29) is 30.1 Å². The number of quaternary nitrogens is 1. The molecule has 1 saturated carbocycles. The van der Waals surface area contributed by atoms with Crippen molar-refractivity contribution in [3.8, 4) is 0 Å². The predicted molar refractivity (Wildman–Crippen MR) is 102 cm³/mol. The first-order valence-corrected chi connectivity index (χ1v) is 10.0. The van der Waals surface area contributed by atoms with E-state index in [2.05, 4.69) is 45.6 Å².